The fourth-order valence-corrected chi connectivity index (χ4v) is 2.57. The molecule has 100 valence electrons. The van der Waals surface area contributed by atoms with Crippen LogP contribution in [-0.2, 0) is 11.2 Å². The predicted molar refractivity (Wildman–Crippen MR) is 77.3 cm³/mol. The zero-order chi connectivity index (χ0) is 12.9. The minimum Gasteiger partial charge on any atom is -0.379 e. The molecule has 2 heterocycles. The molecule has 1 aromatic carbocycles. The van der Waals surface area contributed by atoms with Crippen LogP contribution in [0.25, 0.3) is 10.8 Å². The minimum absolute atomic E-state index is 0.883. The van der Waals surface area contributed by atoms with Gasteiger partial charge < -0.3 is 4.74 Å². The molecule has 0 N–H and O–H groups in total. The van der Waals surface area contributed by atoms with E-state index < -0.39 is 0 Å². The third kappa shape index (κ3) is 3.31. The molecule has 0 saturated carbocycles. The van der Waals surface area contributed by atoms with E-state index in [-0.39, 0.29) is 0 Å². The number of pyridine rings is 1. The van der Waals surface area contributed by atoms with E-state index in [1.165, 1.54) is 22.9 Å². The van der Waals surface area contributed by atoms with Crippen LogP contribution in [-0.4, -0.2) is 42.7 Å². The lowest BCUT2D eigenvalue weighted by molar-refractivity contribution is 0.0374. The number of rotatable bonds is 4. The highest BCUT2D eigenvalue weighted by atomic mass is 16.5. The third-order valence-corrected chi connectivity index (χ3v) is 3.70. The average molecular weight is 256 g/mol. The maximum atomic E-state index is 5.36. The van der Waals surface area contributed by atoms with Crippen molar-refractivity contribution in [1.82, 2.24) is 9.88 Å². The van der Waals surface area contributed by atoms with E-state index in [2.05, 4.69) is 40.2 Å². The van der Waals surface area contributed by atoms with E-state index in [0.717, 1.165) is 39.3 Å². The molecule has 1 aromatic heterocycles. The summed E-state index contributed by atoms with van der Waals surface area (Å²) in [5, 5.41) is 2.51. The molecule has 0 radical (unpaired) electrons. The molecule has 19 heavy (non-hydrogen) atoms. The summed E-state index contributed by atoms with van der Waals surface area (Å²) in [7, 11) is 0. The van der Waals surface area contributed by atoms with Gasteiger partial charge in [-0.05, 0) is 30.8 Å². The number of ether oxygens (including phenoxy) is 1. The Balaban J connectivity index is 1.56. The Morgan fingerprint density at radius 2 is 1.89 bits per heavy atom. The van der Waals surface area contributed by atoms with Crippen molar-refractivity contribution in [2.45, 2.75) is 12.8 Å². The summed E-state index contributed by atoms with van der Waals surface area (Å²) in [6.07, 6.45) is 4.22. The van der Waals surface area contributed by atoms with Crippen LogP contribution in [0.4, 0.5) is 0 Å². The van der Waals surface area contributed by atoms with Crippen LogP contribution in [0, 0.1) is 0 Å². The molecule has 0 aliphatic carbocycles. The lowest BCUT2D eigenvalue weighted by Gasteiger charge is -2.26. The second-order valence-corrected chi connectivity index (χ2v) is 5.08. The number of hydrogen-bond acceptors (Lipinski definition) is 3. The molecule has 0 amide bonds. The van der Waals surface area contributed by atoms with Gasteiger partial charge in [-0.1, -0.05) is 24.3 Å². The van der Waals surface area contributed by atoms with Crippen LogP contribution < -0.4 is 0 Å². The molecule has 3 nitrogen and oxygen atoms in total. The Morgan fingerprint density at radius 3 is 2.74 bits per heavy atom. The largest absolute Gasteiger partial charge is 0.379 e. The molecule has 1 saturated heterocycles. The first kappa shape index (κ1) is 12.6. The van der Waals surface area contributed by atoms with Gasteiger partial charge in [0.15, 0.2) is 0 Å². The first-order valence-electron chi connectivity index (χ1n) is 7.05. The van der Waals surface area contributed by atoms with Gasteiger partial charge in [0.05, 0.1) is 13.2 Å². The monoisotopic (exact) mass is 256 g/mol. The number of fused-ring (bicyclic) bond motifs is 1. The van der Waals surface area contributed by atoms with Gasteiger partial charge in [0.25, 0.3) is 0 Å². The fourth-order valence-electron chi connectivity index (χ4n) is 2.57. The van der Waals surface area contributed by atoms with Gasteiger partial charge in [-0.2, -0.15) is 0 Å². The molecule has 2 aromatic rings. The molecule has 0 bridgehead atoms. The van der Waals surface area contributed by atoms with Crippen molar-refractivity contribution in [3.63, 3.8) is 0 Å². The molecule has 3 heteroatoms. The van der Waals surface area contributed by atoms with Gasteiger partial charge in [0.1, 0.15) is 0 Å². The van der Waals surface area contributed by atoms with Crippen molar-refractivity contribution in [1.29, 1.82) is 0 Å². The Hall–Kier alpha value is -1.45. The van der Waals surface area contributed by atoms with Gasteiger partial charge in [-0.15, -0.1) is 0 Å². The van der Waals surface area contributed by atoms with E-state index >= 15 is 0 Å². The van der Waals surface area contributed by atoms with Gasteiger partial charge in [0, 0.05) is 30.4 Å². The van der Waals surface area contributed by atoms with Crippen molar-refractivity contribution in [3.8, 4) is 0 Å². The second-order valence-electron chi connectivity index (χ2n) is 5.08. The number of morpholine rings is 1. The van der Waals surface area contributed by atoms with Crippen LogP contribution in [0.2, 0.25) is 0 Å². The Morgan fingerprint density at radius 1 is 1.11 bits per heavy atom. The van der Waals surface area contributed by atoms with Crippen LogP contribution in [0.15, 0.2) is 36.5 Å². The number of aromatic nitrogens is 1. The zero-order valence-corrected chi connectivity index (χ0v) is 11.2. The second kappa shape index (κ2) is 6.13. The molecule has 0 unspecified atom stereocenters. The summed E-state index contributed by atoms with van der Waals surface area (Å²) in [6.45, 7) is 5.07. The number of benzene rings is 1. The molecule has 0 spiro atoms. The number of aryl methyl sites for hydroxylation is 1. The third-order valence-electron chi connectivity index (χ3n) is 3.70. The van der Waals surface area contributed by atoms with Crippen molar-refractivity contribution in [2.75, 3.05) is 32.8 Å². The molecule has 3 rings (SSSR count). The van der Waals surface area contributed by atoms with E-state index in [0.29, 0.717) is 0 Å². The first-order chi connectivity index (χ1) is 9.42. The highest BCUT2D eigenvalue weighted by Gasteiger charge is 2.09. The molecule has 0 atom stereocenters. The van der Waals surface area contributed by atoms with E-state index in [1.807, 2.05) is 6.20 Å². The zero-order valence-electron chi connectivity index (χ0n) is 11.2. The average Bonchev–Trinajstić information content (AvgIpc) is 2.48. The SMILES string of the molecule is c1ccc2cc(CCCN3CCOCC3)ncc2c1. The van der Waals surface area contributed by atoms with Crippen molar-refractivity contribution >= 4 is 10.8 Å². The molecular weight excluding hydrogens is 236 g/mol. The van der Waals surface area contributed by atoms with Crippen molar-refractivity contribution < 1.29 is 4.74 Å². The lowest BCUT2D eigenvalue weighted by atomic mass is 10.1. The van der Waals surface area contributed by atoms with Crippen LogP contribution in [0.3, 0.4) is 0 Å². The Labute approximate surface area is 114 Å². The maximum Gasteiger partial charge on any atom is 0.0594 e. The topological polar surface area (TPSA) is 25.4 Å². The standard InChI is InChI=1S/C16H20N2O/c1-2-5-15-13-17-16(12-14(15)4-1)6-3-7-18-8-10-19-11-9-18/h1-2,4-5,12-13H,3,6-11H2. The van der Waals surface area contributed by atoms with Crippen molar-refractivity contribution in [3.05, 3.63) is 42.2 Å². The number of hydrogen-bond donors (Lipinski definition) is 0. The lowest BCUT2D eigenvalue weighted by Crippen LogP contribution is -2.36. The Kier molecular flexibility index (Phi) is 4.06. The first-order valence-corrected chi connectivity index (χ1v) is 7.05. The molecular formula is C16H20N2O. The predicted octanol–water partition coefficient (Wildman–Crippen LogP) is 2.50. The summed E-state index contributed by atoms with van der Waals surface area (Å²) < 4.78 is 5.36. The fraction of sp³-hybridized carbons (Fsp3) is 0.438. The molecule has 1 aliphatic rings. The van der Waals surface area contributed by atoms with Gasteiger partial charge >= 0.3 is 0 Å². The van der Waals surface area contributed by atoms with Gasteiger partial charge in [-0.25, -0.2) is 0 Å². The quantitative estimate of drug-likeness (QED) is 0.840. The van der Waals surface area contributed by atoms with Crippen LogP contribution in [0.5, 0.6) is 0 Å². The van der Waals surface area contributed by atoms with Crippen LogP contribution >= 0.6 is 0 Å². The van der Waals surface area contributed by atoms with E-state index in [9.17, 15) is 0 Å². The van der Waals surface area contributed by atoms with E-state index in [4.69, 9.17) is 4.74 Å². The minimum atomic E-state index is 0.883. The molecule has 1 fully saturated rings. The molecule has 1 aliphatic heterocycles. The number of nitrogens with zero attached hydrogens (tertiary/aromatic N) is 2. The van der Waals surface area contributed by atoms with Gasteiger partial charge in [0.2, 0.25) is 0 Å². The summed E-state index contributed by atoms with van der Waals surface area (Å²) in [5.74, 6) is 0. The summed E-state index contributed by atoms with van der Waals surface area (Å²) in [5.41, 5.74) is 1.20. The summed E-state index contributed by atoms with van der Waals surface area (Å²) in [6, 6.07) is 10.6. The van der Waals surface area contributed by atoms with Gasteiger partial charge in [-0.3, -0.25) is 9.88 Å². The highest BCUT2D eigenvalue weighted by Crippen LogP contribution is 2.14. The van der Waals surface area contributed by atoms with Crippen LogP contribution in [0.1, 0.15) is 12.1 Å². The summed E-state index contributed by atoms with van der Waals surface area (Å²) in [4.78, 5) is 7.02. The maximum absolute atomic E-state index is 5.36. The summed E-state index contributed by atoms with van der Waals surface area (Å²) >= 11 is 0. The van der Waals surface area contributed by atoms with Crippen molar-refractivity contribution in [2.24, 2.45) is 0 Å². The van der Waals surface area contributed by atoms with E-state index in [1.54, 1.807) is 0 Å². The smallest absolute Gasteiger partial charge is 0.0594 e. The normalized spacial score (nSPS) is 16.8. The highest BCUT2D eigenvalue weighted by molar-refractivity contribution is 5.81. The Bertz CT molecular complexity index is 535.